The molecule has 2 rings (SSSR count). The number of ether oxygens (including phenoxy) is 1. The zero-order valence-electron chi connectivity index (χ0n) is 13.8. The maximum atomic E-state index is 12.3. The molecule has 1 aromatic heterocycles. The summed E-state index contributed by atoms with van der Waals surface area (Å²) >= 11 is 0. The molecule has 25 heavy (non-hydrogen) atoms. The van der Waals surface area contributed by atoms with Crippen molar-refractivity contribution in [1.29, 1.82) is 0 Å². The lowest BCUT2D eigenvalue weighted by Gasteiger charge is -2.11. The first kappa shape index (κ1) is 17.9. The smallest absolute Gasteiger partial charge is 0.332 e. The molecule has 0 aliphatic carbocycles. The van der Waals surface area contributed by atoms with Crippen LogP contribution in [0.25, 0.3) is 0 Å². The van der Waals surface area contributed by atoms with E-state index in [-0.39, 0.29) is 22.8 Å². The number of carbonyl (C=O) groups is 1. The van der Waals surface area contributed by atoms with Crippen LogP contribution in [-0.2, 0) is 14.1 Å². The number of carbonyl (C=O) groups excluding carboxylic acids is 1. The van der Waals surface area contributed by atoms with E-state index < -0.39 is 28.6 Å². The van der Waals surface area contributed by atoms with E-state index in [2.05, 4.69) is 0 Å². The second-order valence-electron chi connectivity index (χ2n) is 5.38. The summed E-state index contributed by atoms with van der Waals surface area (Å²) in [7, 11) is 2.58. The number of aryl methyl sites for hydroxylation is 1. The molecule has 0 aliphatic heterocycles. The minimum absolute atomic E-state index is 0.0742. The van der Waals surface area contributed by atoms with Gasteiger partial charge in [0.25, 0.3) is 11.2 Å². The number of Topliss-reactive ketones (excluding diaryl/α,β-unsaturated/α-hetero) is 1. The van der Waals surface area contributed by atoms with Crippen LogP contribution in [0.2, 0.25) is 0 Å². The molecule has 2 N–H and O–H groups in total. The Kier molecular flexibility index (Phi) is 4.72. The van der Waals surface area contributed by atoms with Crippen molar-refractivity contribution in [2.45, 2.75) is 6.92 Å². The molecule has 0 unspecified atom stereocenters. The van der Waals surface area contributed by atoms with Crippen LogP contribution in [0, 0.1) is 17.0 Å². The fraction of sp³-hybridized carbons (Fsp3) is 0.267. The van der Waals surface area contributed by atoms with Crippen LogP contribution in [0.5, 0.6) is 5.75 Å². The monoisotopic (exact) mass is 348 g/mol. The third-order valence-corrected chi connectivity index (χ3v) is 3.72. The quantitative estimate of drug-likeness (QED) is 0.460. The Balaban J connectivity index is 2.28. The molecule has 0 bridgehead atoms. The van der Waals surface area contributed by atoms with Crippen LogP contribution < -0.4 is 21.7 Å². The molecule has 0 saturated heterocycles. The summed E-state index contributed by atoms with van der Waals surface area (Å²) in [6.45, 7) is 1.03. The molecule has 0 aliphatic rings. The lowest BCUT2D eigenvalue weighted by Crippen LogP contribution is -2.42. The fourth-order valence-corrected chi connectivity index (χ4v) is 2.27. The van der Waals surface area contributed by atoms with E-state index in [9.17, 15) is 24.5 Å². The number of nitro benzene ring substituents is 1. The SMILES string of the molecule is Cc1cc(OCC(=O)c2c(N)n(C)c(=O)n(C)c2=O)ccc1[N+](=O)[O-]. The maximum absolute atomic E-state index is 12.3. The van der Waals surface area contributed by atoms with Gasteiger partial charge in [-0.2, -0.15) is 0 Å². The first-order valence-electron chi connectivity index (χ1n) is 7.11. The number of benzene rings is 1. The maximum Gasteiger partial charge on any atom is 0.332 e. The zero-order chi connectivity index (χ0) is 18.9. The number of ketones is 1. The van der Waals surface area contributed by atoms with Crippen LogP contribution in [0.3, 0.4) is 0 Å². The van der Waals surface area contributed by atoms with Gasteiger partial charge in [0.05, 0.1) is 4.92 Å². The van der Waals surface area contributed by atoms with Crippen molar-refractivity contribution in [1.82, 2.24) is 9.13 Å². The highest BCUT2D eigenvalue weighted by atomic mass is 16.6. The van der Waals surface area contributed by atoms with Gasteiger partial charge in [-0.3, -0.25) is 28.8 Å². The number of rotatable bonds is 5. The van der Waals surface area contributed by atoms with Gasteiger partial charge in [0.2, 0.25) is 5.78 Å². The summed E-state index contributed by atoms with van der Waals surface area (Å²) in [5.74, 6) is -0.719. The van der Waals surface area contributed by atoms with Crippen molar-refractivity contribution in [3.05, 3.63) is 60.3 Å². The van der Waals surface area contributed by atoms with Crippen LogP contribution in [0.15, 0.2) is 27.8 Å². The molecule has 132 valence electrons. The lowest BCUT2D eigenvalue weighted by molar-refractivity contribution is -0.385. The van der Waals surface area contributed by atoms with E-state index in [0.717, 1.165) is 9.13 Å². The van der Waals surface area contributed by atoms with Gasteiger partial charge in [-0.1, -0.05) is 0 Å². The summed E-state index contributed by atoms with van der Waals surface area (Å²) in [5.41, 5.74) is 4.19. The molecule has 1 aromatic carbocycles. The molecule has 0 amide bonds. The highest BCUT2D eigenvalue weighted by Gasteiger charge is 2.21. The van der Waals surface area contributed by atoms with Gasteiger partial charge >= 0.3 is 5.69 Å². The number of nitrogens with two attached hydrogens (primary N) is 1. The molecule has 0 radical (unpaired) electrons. The summed E-state index contributed by atoms with van der Waals surface area (Å²) in [6, 6.07) is 4.02. The molecule has 0 fully saturated rings. The highest BCUT2D eigenvalue weighted by Crippen LogP contribution is 2.23. The summed E-state index contributed by atoms with van der Waals surface area (Å²) in [6.07, 6.45) is 0. The number of hydrogen-bond acceptors (Lipinski definition) is 7. The van der Waals surface area contributed by atoms with E-state index in [1.165, 1.54) is 39.2 Å². The van der Waals surface area contributed by atoms with E-state index in [1.807, 2.05) is 0 Å². The van der Waals surface area contributed by atoms with Gasteiger partial charge in [0.1, 0.15) is 17.1 Å². The largest absolute Gasteiger partial charge is 0.485 e. The minimum atomic E-state index is -0.811. The third kappa shape index (κ3) is 3.27. The van der Waals surface area contributed by atoms with Gasteiger partial charge in [-0.25, -0.2) is 4.79 Å². The zero-order valence-corrected chi connectivity index (χ0v) is 13.8. The molecular formula is C15H16N4O6. The summed E-state index contributed by atoms with van der Waals surface area (Å²) in [5, 5.41) is 10.8. The van der Waals surface area contributed by atoms with Crippen molar-refractivity contribution in [2.24, 2.45) is 14.1 Å². The van der Waals surface area contributed by atoms with E-state index in [0.29, 0.717) is 5.56 Å². The number of nitrogen functional groups attached to an aromatic ring is 1. The van der Waals surface area contributed by atoms with Gasteiger partial charge < -0.3 is 10.5 Å². The highest BCUT2D eigenvalue weighted by molar-refractivity contribution is 6.00. The Morgan fingerprint density at radius 3 is 2.48 bits per heavy atom. The normalized spacial score (nSPS) is 10.5. The van der Waals surface area contributed by atoms with Gasteiger partial charge in [0.15, 0.2) is 6.61 Å². The molecule has 0 saturated carbocycles. The first-order valence-corrected chi connectivity index (χ1v) is 7.11. The van der Waals surface area contributed by atoms with Crippen LogP contribution >= 0.6 is 0 Å². The van der Waals surface area contributed by atoms with E-state index in [1.54, 1.807) is 0 Å². The Labute approximate surface area is 141 Å². The number of nitrogens with zero attached hydrogens (tertiary/aromatic N) is 3. The van der Waals surface area contributed by atoms with Crippen molar-refractivity contribution in [3.63, 3.8) is 0 Å². The Hall–Kier alpha value is -3.43. The van der Waals surface area contributed by atoms with E-state index in [4.69, 9.17) is 10.5 Å². The van der Waals surface area contributed by atoms with Crippen molar-refractivity contribution in [2.75, 3.05) is 12.3 Å². The number of aromatic nitrogens is 2. The second-order valence-corrected chi connectivity index (χ2v) is 5.38. The second kappa shape index (κ2) is 6.59. The molecule has 2 aromatic rings. The Morgan fingerprint density at radius 1 is 1.28 bits per heavy atom. The topological polar surface area (TPSA) is 139 Å². The number of hydrogen-bond donors (Lipinski definition) is 1. The molecule has 1 heterocycles. The molecule has 0 spiro atoms. The Bertz CT molecular complexity index is 989. The molecule has 10 heteroatoms. The minimum Gasteiger partial charge on any atom is -0.485 e. The Morgan fingerprint density at radius 2 is 1.92 bits per heavy atom. The van der Waals surface area contributed by atoms with Crippen molar-refractivity contribution in [3.8, 4) is 5.75 Å². The average Bonchev–Trinajstić information content (AvgIpc) is 2.56. The van der Waals surface area contributed by atoms with Crippen molar-refractivity contribution >= 4 is 17.3 Å². The third-order valence-electron chi connectivity index (χ3n) is 3.72. The van der Waals surface area contributed by atoms with Crippen molar-refractivity contribution < 1.29 is 14.5 Å². The van der Waals surface area contributed by atoms with E-state index >= 15 is 0 Å². The number of anilines is 1. The summed E-state index contributed by atoms with van der Waals surface area (Å²) in [4.78, 5) is 46.4. The molecule has 0 atom stereocenters. The average molecular weight is 348 g/mol. The molecular weight excluding hydrogens is 332 g/mol. The summed E-state index contributed by atoms with van der Waals surface area (Å²) < 4.78 is 7.06. The predicted molar refractivity (Wildman–Crippen MR) is 89.0 cm³/mol. The molecule has 10 nitrogen and oxygen atoms in total. The van der Waals surface area contributed by atoms with Crippen LogP contribution in [0.4, 0.5) is 11.5 Å². The van der Waals surface area contributed by atoms with Gasteiger partial charge in [-0.15, -0.1) is 0 Å². The predicted octanol–water partition coefficient (Wildman–Crippen LogP) is 0.145. The van der Waals surface area contributed by atoms with Crippen LogP contribution in [0.1, 0.15) is 15.9 Å². The lowest BCUT2D eigenvalue weighted by atomic mass is 10.2. The van der Waals surface area contributed by atoms with Gasteiger partial charge in [-0.05, 0) is 19.1 Å². The first-order chi connectivity index (χ1) is 11.6. The van der Waals surface area contributed by atoms with Gasteiger partial charge in [0, 0.05) is 25.7 Å². The number of nitro groups is 1. The standard InChI is InChI=1S/C15H16N4O6/c1-8-6-9(4-5-10(8)19(23)24)25-7-11(20)12-13(16)17(2)15(22)18(3)14(12)21/h4-6H,7,16H2,1-3H3. The fourth-order valence-electron chi connectivity index (χ4n) is 2.27. The van der Waals surface area contributed by atoms with Crippen LogP contribution in [-0.4, -0.2) is 26.4 Å².